The van der Waals surface area contributed by atoms with Crippen LogP contribution in [0.2, 0.25) is 0 Å². The molecule has 1 saturated carbocycles. The number of piperidine rings is 1. The third-order valence-electron chi connectivity index (χ3n) is 3.76. The summed E-state index contributed by atoms with van der Waals surface area (Å²) in [6, 6.07) is 0. The number of rotatable bonds is 4. The Hall–Kier alpha value is -0.770. The highest BCUT2D eigenvalue weighted by Crippen LogP contribution is 2.27. The molecule has 98 valence electrons. The molecule has 1 saturated heterocycles. The molecule has 1 aliphatic carbocycles. The molecule has 1 unspecified atom stereocenters. The lowest BCUT2D eigenvalue weighted by molar-refractivity contribution is 0.210. The quantitative estimate of drug-likeness (QED) is 0.565. The van der Waals surface area contributed by atoms with Crippen molar-refractivity contribution in [3.63, 3.8) is 0 Å². The van der Waals surface area contributed by atoms with Crippen molar-refractivity contribution in [3.8, 4) is 0 Å². The van der Waals surface area contributed by atoms with E-state index in [0.717, 1.165) is 30.9 Å². The van der Waals surface area contributed by atoms with Crippen molar-refractivity contribution in [1.29, 1.82) is 0 Å². The molecule has 0 aromatic heterocycles. The summed E-state index contributed by atoms with van der Waals surface area (Å²) in [5.41, 5.74) is 0. The third-order valence-corrected chi connectivity index (χ3v) is 3.76. The number of hydrogen-bond donors (Lipinski definition) is 2. The molecule has 0 aromatic rings. The maximum atomic E-state index is 4.27. The molecule has 2 N–H and O–H groups in total. The van der Waals surface area contributed by atoms with Gasteiger partial charge in [0.2, 0.25) is 0 Å². The van der Waals surface area contributed by atoms with E-state index >= 15 is 0 Å². The SMILES string of the molecule is CN=C(NCC1CC1)NCC1CCCN(C)C1. The van der Waals surface area contributed by atoms with Gasteiger partial charge in [0.1, 0.15) is 0 Å². The number of hydrogen-bond acceptors (Lipinski definition) is 2. The molecule has 1 atom stereocenters. The van der Waals surface area contributed by atoms with Crippen LogP contribution in [0.15, 0.2) is 4.99 Å². The monoisotopic (exact) mass is 238 g/mol. The first kappa shape index (κ1) is 12.7. The Morgan fingerprint density at radius 3 is 2.47 bits per heavy atom. The van der Waals surface area contributed by atoms with Crippen molar-refractivity contribution in [2.75, 3.05) is 40.3 Å². The van der Waals surface area contributed by atoms with Gasteiger partial charge in [0.15, 0.2) is 5.96 Å². The van der Waals surface area contributed by atoms with E-state index in [9.17, 15) is 0 Å². The largest absolute Gasteiger partial charge is 0.356 e. The van der Waals surface area contributed by atoms with E-state index in [2.05, 4.69) is 27.6 Å². The molecule has 2 aliphatic rings. The maximum Gasteiger partial charge on any atom is 0.190 e. The van der Waals surface area contributed by atoms with Gasteiger partial charge >= 0.3 is 0 Å². The first-order valence-electron chi connectivity index (χ1n) is 6.91. The van der Waals surface area contributed by atoms with Crippen LogP contribution in [0.1, 0.15) is 25.7 Å². The molecule has 0 aromatic carbocycles. The molecular weight excluding hydrogens is 212 g/mol. The minimum Gasteiger partial charge on any atom is -0.356 e. The van der Waals surface area contributed by atoms with Gasteiger partial charge in [-0.15, -0.1) is 0 Å². The highest BCUT2D eigenvalue weighted by atomic mass is 15.2. The van der Waals surface area contributed by atoms with Crippen LogP contribution in [0, 0.1) is 11.8 Å². The van der Waals surface area contributed by atoms with Crippen LogP contribution in [0.5, 0.6) is 0 Å². The molecule has 2 rings (SSSR count). The van der Waals surface area contributed by atoms with E-state index in [1.807, 2.05) is 7.05 Å². The molecule has 1 heterocycles. The van der Waals surface area contributed by atoms with Gasteiger partial charge in [0.05, 0.1) is 0 Å². The second-order valence-corrected chi connectivity index (χ2v) is 5.55. The van der Waals surface area contributed by atoms with E-state index in [4.69, 9.17) is 0 Å². The second-order valence-electron chi connectivity index (χ2n) is 5.55. The predicted molar refractivity (Wildman–Crippen MR) is 72.3 cm³/mol. The number of likely N-dealkylation sites (tertiary alicyclic amines) is 1. The Morgan fingerprint density at radius 1 is 1.18 bits per heavy atom. The molecular formula is C13H26N4. The fourth-order valence-corrected chi connectivity index (χ4v) is 2.46. The van der Waals surface area contributed by atoms with Crippen LogP contribution in [-0.2, 0) is 0 Å². The van der Waals surface area contributed by atoms with Crippen LogP contribution in [-0.4, -0.2) is 51.1 Å². The minimum absolute atomic E-state index is 0.772. The van der Waals surface area contributed by atoms with Crippen LogP contribution >= 0.6 is 0 Å². The predicted octanol–water partition coefficient (Wildman–Crippen LogP) is 0.903. The van der Waals surface area contributed by atoms with Crippen molar-refractivity contribution in [2.45, 2.75) is 25.7 Å². The lowest BCUT2D eigenvalue weighted by atomic mass is 9.99. The molecule has 4 nitrogen and oxygen atoms in total. The zero-order valence-corrected chi connectivity index (χ0v) is 11.2. The first-order chi connectivity index (χ1) is 8.28. The summed E-state index contributed by atoms with van der Waals surface area (Å²) in [6.45, 7) is 4.61. The van der Waals surface area contributed by atoms with E-state index in [1.54, 1.807) is 0 Å². The van der Waals surface area contributed by atoms with E-state index in [1.165, 1.54) is 38.8 Å². The van der Waals surface area contributed by atoms with Gasteiger partial charge in [-0.3, -0.25) is 4.99 Å². The molecule has 0 amide bonds. The van der Waals surface area contributed by atoms with Gasteiger partial charge in [0, 0.05) is 26.7 Å². The Kier molecular flexibility index (Phi) is 4.66. The molecule has 0 bridgehead atoms. The van der Waals surface area contributed by atoms with Gasteiger partial charge in [-0.1, -0.05) is 0 Å². The van der Waals surface area contributed by atoms with Crippen LogP contribution in [0.25, 0.3) is 0 Å². The summed E-state index contributed by atoms with van der Waals surface area (Å²) in [7, 11) is 4.07. The van der Waals surface area contributed by atoms with Gasteiger partial charge in [-0.2, -0.15) is 0 Å². The molecule has 0 spiro atoms. The summed E-state index contributed by atoms with van der Waals surface area (Å²) in [6.07, 6.45) is 5.45. The van der Waals surface area contributed by atoms with E-state index < -0.39 is 0 Å². The molecule has 2 fully saturated rings. The van der Waals surface area contributed by atoms with Crippen LogP contribution in [0.3, 0.4) is 0 Å². The fraction of sp³-hybridized carbons (Fsp3) is 0.923. The van der Waals surface area contributed by atoms with Crippen LogP contribution < -0.4 is 10.6 Å². The smallest absolute Gasteiger partial charge is 0.190 e. The summed E-state index contributed by atoms with van der Waals surface area (Å²) < 4.78 is 0. The van der Waals surface area contributed by atoms with E-state index in [-0.39, 0.29) is 0 Å². The number of guanidine groups is 1. The topological polar surface area (TPSA) is 39.7 Å². The van der Waals surface area contributed by atoms with Crippen molar-refractivity contribution in [3.05, 3.63) is 0 Å². The summed E-state index contributed by atoms with van der Waals surface area (Å²) in [4.78, 5) is 6.70. The lowest BCUT2D eigenvalue weighted by Gasteiger charge is -2.30. The van der Waals surface area contributed by atoms with Crippen LogP contribution in [0.4, 0.5) is 0 Å². The summed E-state index contributed by atoms with van der Waals surface area (Å²) in [5, 5.41) is 6.86. The highest BCUT2D eigenvalue weighted by Gasteiger charge is 2.21. The Labute approximate surface area is 105 Å². The standard InChI is InChI=1S/C13H26N4/c1-14-13(15-8-11-5-6-11)16-9-12-4-3-7-17(2)10-12/h11-12H,3-10H2,1-2H3,(H2,14,15,16). The Morgan fingerprint density at radius 2 is 1.88 bits per heavy atom. The lowest BCUT2D eigenvalue weighted by Crippen LogP contribution is -2.44. The Balaban J connectivity index is 1.64. The van der Waals surface area contributed by atoms with Crippen molar-refractivity contribution >= 4 is 5.96 Å². The number of nitrogens with zero attached hydrogens (tertiary/aromatic N) is 2. The van der Waals surface area contributed by atoms with Crippen molar-refractivity contribution < 1.29 is 0 Å². The third kappa shape index (κ3) is 4.54. The van der Waals surface area contributed by atoms with Gasteiger partial charge in [-0.05, 0) is 51.1 Å². The van der Waals surface area contributed by atoms with Gasteiger partial charge < -0.3 is 15.5 Å². The van der Waals surface area contributed by atoms with Crippen molar-refractivity contribution in [2.24, 2.45) is 16.8 Å². The highest BCUT2D eigenvalue weighted by molar-refractivity contribution is 5.79. The summed E-state index contributed by atoms with van der Waals surface area (Å²) >= 11 is 0. The second kappa shape index (κ2) is 6.24. The summed E-state index contributed by atoms with van der Waals surface area (Å²) in [5.74, 6) is 2.65. The maximum absolute atomic E-state index is 4.27. The zero-order valence-electron chi connectivity index (χ0n) is 11.2. The average molecular weight is 238 g/mol. The molecule has 4 heteroatoms. The number of aliphatic imine (C=N–C) groups is 1. The number of nitrogens with one attached hydrogen (secondary N) is 2. The normalized spacial score (nSPS) is 26.9. The molecule has 17 heavy (non-hydrogen) atoms. The molecule has 1 aliphatic heterocycles. The van der Waals surface area contributed by atoms with Gasteiger partial charge in [0.25, 0.3) is 0 Å². The minimum atomic E-state index is 0.772. The fourth-order valence-electron chi connectivity index (χ4n) is 2.46. The first-order valence-corrected chi connectivity index (χ1v) is 6.91. The molecule has 0 radical (unpaired) electrons. The van der Waals surface area contributed by atoms with Crippen molar-refractivity contribution in [1.82, 2.24) is 15.5 Å². The zero-order chi connectivity index (χ0) is 12.1. The van der Waals surface area contributed by atoms with Gasteiger partial charge in [-0.25, -0.2) is 0 Å². The Bertz CT molecular complexity index is 260. The average Bonchev–Trinajstić information content (AvgIpc) is 3.13. The van der Waals surface area contributed by atoms with E-state index in [0.29, 0.717) is 0 Å².